The predicted octanol–water partition coefficient (Wildman–Crippen LogP) is -0.233. The highest BCUT2D eigenvalue weighted by Gasteiger charge is 2.38. The molecule has 0 radical (unpaired) electrons. The van der Waals surface area contributed by atoms with Gasteiger partial charge in [-0.15, -0.1) is 0 Å². The molecule has 0 saturated carbocycles. The van der Waals surface area contributed by atoms with Crippen LogP contribution >= 0.6 is 0 Å². The summed E-state index contributed by atoms with van der Waals surface area (Å²) in [4.78, 5) is 24.3. The summed E-state index contributed by atoms with van der Waals surface area (Å²) in [7, 11) is -3.64. The van der Waals surface area contributed by atoms with E-state index in [1.165, 1.54) is 4.90 Å². The molecule has 3 N–H and O–H groups in total. The molecule has 0 aromatic heterocycles. The van der Waals surface area contributed by atoms with E-state index in [0.717, 1.165) is 6.42 Å². The molecule has 0 aromatic carbocycles. The molecule has 8 heteroatoms. The van der Waals surface area contributed by atoms with E-state index in [2.05, 4.69) is 0 Å². The highest BCUT2D eigenvalue weighted by atomic mass is 32.2. The summed E-state index contributed by atoms with van der Waals surface area (Å²) in [6, 6.07) is -0.863. The van der Waals surface area contributed by atoms with Crippen LogP contribution in [-0.2, 0) is 19.6 Å². The number of nitrogens with zero attached hydrogens (tertiary/aromatic N) is 1. The fraction of sp³-hybridized carbons (Fsp3) is 0.818. The maximum atomic E-state index is 11.8. The van der Waals surface area contributed by atoms with Crippen molar-refractivity contribution in [3.8, 4) is 0 Å². The molecule has 7 nitrogen and oxygen atoms in total. The van der Waals surface area contributed by atoms with Crippen LogP contribution in [0.25, 0.3) is 0 Å². The first-order valence-electron chi connectivity index (χ1n) is 6.27. The topological polar surface area (TPSA) is 118 Å². The Hall–Kier alpha value is -1.15. The minimum Gasteiger partial charge on any atom is -0.480 e. The number of unbranched alkanes of at least 4 members (excludes halogenated alkanes) is 1. The third-order valence-corrected chi connectivity index (χ3v) is 4.13. The second-order valence-corrected chi connectivity index (χ2v) is 6.60. The van der Waals surface area contributed by atoms with Gasteiger partial charge in [-0.3, -0.25) is 4.79 Å². The van der Waals surface area contributed by atoms with Gasteiger partial charge < -0.3 is 10.0 Å². The summed E-state index contributed by atoms with van der Waals surface area (Å²) in [6.45, 7) is 2.09. The van der Waals surface area contributed by atoms with Gasteiger partial charge in [0.25, 0.3) is 0 Å². The van der Waals surface area contributed by atoms with Gasteiger partial charge in [0.05, 0.1) is 5.75 Å². The summed E-state index contributed by atoms with van der Waals surface area (Å²) in [5, 5.41) is 14.1. The number of primary sulfonamides is 1. The maximum absolute atomic E-state index is 11.8. The maximum Gasteiger partial charge on any atom is 0.326 e. The molecule has 0 aliphatic carbocycles. The lowest BCUT2D eigenvalue weighted by molar-refractivity contribution is -0.148. The van der Waals surface area contributed by atoms with Crippen LogP contribution in [0.15, 0.2) is 0 Å². The summed E-state index contributed by atoms with van der Waals surface area (Å²) in [6.07, 6.45) is 1.99. The quantitative estimate of drug-likeness (QED) is 0.672. The number of carboxylic acids is 1. The number of hydrogen-bond donors (Lipinski definition) is 2. The van der Waals surface area contributed by atoms with Gasteiger partial charge in [0, 0.05) is 18.9 Å². The van der Waals surface area contributed by atoms with E-state index in [1.807, 2.05) is 6.92 Å². The van der Waals surface area contributed by atoms with Crippen molar-refractivity contribution in [2.45, 2.75) is 38.6 Å². The lowest BCUT2D eigenvalue weighted by Gasteiger charge is -2.24. The van der Waals surface area contributed by atoms with E-state index in [-0.39, 0.29) is 24.6 Å². The molecule has 1 saturated heterocycles. The molecule has 1 fully saturated rings. The van der Waals surface area contributed by atoms with Crippen LogP contribution in [0.4, 0.5) is 0 Å². The van der Waals surface area contributed by atoms with Gasteiger partial charge in [0.1, 0.15) is 6.04 Å². The zero-order valence-electron chi connectivity index (χ0n) is 10.9. The van der Waals surface area contributed by atoms with E-state index >= 15 is 0 Å². The van der Waals surface area contributed by atoms with Gasteiger partial charge in [-0.2, -0.15) is 0 Å². The molecular weight excluding hydrogens is 272 g/mol. The predicted molar refractivity (Wildman–Crippen MR) is 68.7 cm³/mol. The Morgan fingerprint density at radius 1 is 1.58 bits per heavy atom. The van der Waals surface area contributed by atoms with Crippen molar-refractivity contribution in [3.63, 3.8) is 0 Å². The molecule has 1 heterocycles. The summed E-state index contributed by atoms with van der Waals surface area (Å²) >= 11 is 0. The van der Waals surface area contributed by atoms with Crippen LogP contribution in [-0.4, -0.2) is 48.6 Å². The van der Waals surface area contributed by atoms with Gasteiger partial charge in [0.15, 0.2) is 0 Å². The highest BCUT2D eigenvalue weighted by Crippen LogP contribution is 2.23. The van der Waals surface area contributed by atoms with Crippen molar-refractivity contribution in [3.05, 3.63) is 0 Å². The van der Waals surface area contributed by atoms with Crippen LogP contribution in [0, 0.1) is 5.92 Å². The van der Waals surface area contributed by atoms with Crippen LogP contribution < -0.4 is 5.14 Å². The van der Waals surface area contributed by atoms with Gasteiger partial charge in [0.2, 0.25) is 15.9 Å². The molecule has 1 amide bonds. The van der Waals surface area contributed by atoms with Crippen molar-refractivity contribution in [1.82, 2.24) is 4.90 Å². The number of likely N-dealkylation sites (tertiary alicyclic amines) is 1. The number of carboxylic acid groups (broad SMARTS) is 1. The van der Waals surface area contributed by atoms with Gasteiger partial charge in [-0.25, -0.2) is 18.4 Å². The normalized spacial score (nSPS) is 21.7. The fourth-order valence-corrected chi connectivity index (χ4v) is 3.24. The molecule has 0 aromatic rings. The summed E-state index contributed by atoms with van der Waals surface area (Å²) in [5.41, 5.74) is 0. The lowest BCUT2D eigenvalue weighted by Crippen LogP contribution is -2.42. The molecule has 2 atom stereocenters. The highest BCUT2D eigenvalue weighted by molar-refractivity contribution is 7.89. The van der Waals surface area contributed by atoms with Gasteiger partial charge in [-0.1, -0.05) is 19.8 Å². The fourth-order valence-electron chi connectivity index (χ4n) is 2.36. The monoisotopic (exact) mass is 292 g/mol. The number of carbonyl (C=O) groups excluding carboxylic acids is 1. The smallest absolute Gasteiger partial charge is 0.326 e. The van der Waals surface area contributed by atoms with Gasteiger partial charge in [-0.05, 0) is 6.42 Å². The Morgan fingerprint density at radius 3 is 2.68 bits per heavy atom. The molecular formula is C11H20N2O5S. The average Bonchev–Trinajstić information content (AvgIpc) is 2.57. The Morgan fingerprint density at radius 2 is 2.21 bits per heavy atom. The minimum atomic E-state index is -3.64. The van der Waals surface area contributed by atoms with E-state index in [1.54, 1.807) is 0 Å². The molecule has 1 rings (SSSR count). The van der Waals surface area contributed by atoms with Gasteiger partial charge >= 0.3 is 5.97 Å². The molecule has 2 unspecified atom stereocenters. The van der Waals surface area contributed by atoms with Crippen LogP contribution in [0.2, 0.25) is 0 Å². The Bertz CT molecular complexity index is 448. The average molecular weight is 292 g/mol. The van der Waals surface area contributed by atoms with Crippen molar-refractivity contribution in [1.29, 1.82) is 0 Å². The molecule has 1 aliphatic rings. The largest absolute Gasteiger partial charge is 0.480 e. The molecule has 0 bridgehead atoms. The van der Waals surface area contributed by atoms with E-state index < -0.39 is 28.0 Å². The zero-order chi connectivity index (χ0) is 14.6. The summed E-state index contributed by atoms with van der Waals surface area (Å²) < 4.78 is 22.0. The Balaban J connectivity index is 2.72. The van der Waals surface area contributed by atoms with Crippen LogP contribution in [0.1, 0.15) is 32.6 Å². The number of amides is 1. The van der Waals surface area contributed by atoms with Crippen molar-refractivity contribution < 1.29 is 23.1 Å². The number of nitrogens with two attached hydrogens (primary N) is 1. The van der Waals surface area contributed by atoms with Crippen LogP contribution in [0.3, 0.4) is 0 Å². The lowest BCUT2D eigenvalue weighted by atomic mass is 10.1. The summed E-state index contributed by atoms with van der Waals surface area (Å²) in [5.74, 6) is -2.05. The third-order valence-electron chi connectivity index (χ3n) is 3.20. The van der Waals surface area contributed by atoms with Crippen molar-refractivity contribution in [2.75, 3.05) is 12.3 Å². The van der Waals surface area contributed by atoms with Crippen molar-refractivity contribution in [2.24, 2.45) is 11.1 Å². The second kappa shape index (κ2) is 6.33. The third kappa shape index (κ3) is 4.79. The Kier molecular flexibility index (Phi) is 5.30. The van der Waals surface area contributed by atoms with Crippen LogP contribution in [0.5, 0.6) is 0 Å². The number of sulfonamides is 1. The number of rotatable bonds is 7. The minimum absolute atomic E-state index is 0.0480. The van der Waals surface area contributed by atoms with Crippen molar-refractivity contribution >= 4 is 21.9 Å². The Labute approximate surface area is 112 Å². The standard InChI is InChI=1S/C11H20N2O5S/c1-2-3-4-9(11(15)16)13-6-8(5-10(13)14)7-19(12,17)18/h8-9H,2-7H2,1H3,(H,15,16)(H2,12,17,18). The number of carbonyl (C=O) groups is 2. The first-order valence-corrected chi connectivity index (χ1v) is 7.99. The molecule has 1 aliphatic heterocycles. The molecule has 0 spiro atoms. The van der Waals surface area contributed by atoms with E-state index in [0.29, 0.717) is 12.8 Å². The molecule has 19 heavy (non-hydrogen) atoms. The number of hydrogen-bond acceptors (Lipinski definition) is 4. The zero-order valence-corrected chi connectivity index (χ0v) is 11.7. The SMILES string of the molecule is CCCCC(C(=O)O)N1CC(CS(N)(=O)=O)CC1=O. The second-order valence-electron chi connectivity index (χ2n) is 4.94. The number of aliphatic carboxylic acids is 1. The first kappa shape index (κ1) is 15.9. The van der Waals surface area contributed by atoms with E-state index in [4.69, 9.17) is 10.2 Å². The first-order chi connectivity index (χ1) is 8.74. The molecule has 110 valence electrons. The van der Waals surface area contributed by atoms with E-state index in [9.17, 15) is 18.0 Å².